The molecule has 1 aliphatic rings. The van der Waals surface area contributed by atoms with Gasteiger partial charge in [0.25, 0.3) is 0 Å². The van der Waals surface area contributed by atoms with E-state index >= 15 is 0 Å². The third kappa shape index (κ3) is 3.38. The van der Waals surface area contributed by atoms with Crippen molar-refractivity contribution in [3.05, 3.63) is 11.7 Å². The molecule has 0 aromatic carbocycles. The zero-order chi connectivity index (χ0) is 13.0. The molecular formula is C13H20N2O3. The molecule has 0 spiro atoms. The van der Waals surface area contributed by atoms with Crippen LogP contribution in [0.1, 0.15) is 57.3 Å². The van der Waals surface area contributed by atoms with E-state index in [1.165, 1.54) is 0 Å². The number of aromatic nitrogens is 2. The van der Waals surface area contributed by atoms with Crippen molar-refractivity contribution >= 4 is 5.78 Å². The molecule has 100 valence electrons. The number of nitrogens with zero attached hydrogens (tertiary/aromatic N) is 2. The van der Waals surface area contributed by atoms with Gasteiger partial charge in [-0.1, -0.05) is 12.1 Å². The SMILES string of the molecule is CCCC(=O)Cc1nc(C(OCC)C2CC2)no1. The van der Waals surface area contributed by atoms with Gasteiger partial charge in [0.05, 0.1) is 6.42 Å². The number of rotatable bonds is 8. The summed E-state index contributed by atoms with van der Waals surface area (Å²) in [6, 6.07) is 0. The molecule has 0 radical (unpaired) electrons. The van der Waals surface area contributed by atoms with Crippen molar-refractivity contribution in [3.63, 3.8) is 0 Å². The van der Waals surface area contributed by atoms with Gasteiger partial charge in [0, 0.05) is 13.0 Å². The van der Waals surface area contributed by atoms with Crippen LogP contribution in [0.25, 0.3) is 0 Å². The monoisotopic (exact) mass is 252 g/mol. The first kappa shape index (κ1) is 13.2. The third-order valence-corrected chi connectivity index (χ3v) is 3.01. The highest BCUT2D eigenvalue weighted by molar-refractivity contribution is 5.79. The molecule has 0 amide bonds. The second kappa shape index (κ2) is 6.09. The minimum absolute atomic E-state index is 0.0613. The normalized spacial score (nSPS) is 16.8. The van der Waals surface area contributed by atoms with Crippen LogP contribution in [0.3, 0.4) is 0 Å². The lowest BCUT2D eigenvalue weighted by Gasteiger charge is -2.10. The van der Waals surface area contributed by atoms with Crippen LogP contribution in [0, 0.1) is 5.92 Å². The van der Waals surface area contributed by atoms with E-state index in [9.17, 15) is 4.79 Å². The number of hydrogen-bond acceptors (Lipinski definition) is 5. The molecule has 1 saturated carbocycles. The quantitative estimate of drug-likeness (QED) is 0.711. The summed E-state index contributed by atoms with van der Waals surface area (Å²) in [4.78, 5) is 15.8. The van der Waals surface area contributed by atoms with Crippen molar-refractivity contribution in [1.82, 2.24) is 10.1 Å². The summed E-state index contributed by atoms with van der Waals surface area (Å²) in [5, 5.41) is 3.95. The zero-order valence-electron chi connectivity index (χ0n) is 11.0. The van der Waals surface area contributed by atoms with E-state index in [1.54, 1.807) is 0 Å². The van der Waals surface area contributed by atoms with Crippen molar-refractivity contribution in [1.29, 1.82) is 0 Å². The molecule has 1 aromatic rings. The van der Waals surface area contributed by atoms with Crippen LogP contribution in [-0.4, -0.2) is 22.5 Å². The van der Waals surface area contributed by atoms with E-state index in [-0.39, 0.29) is 18.3 Å². The van der Waals surface area contributed by atoms with Crippen LogP contribution < -0.4 is 0 Å². The molecule has 0 bridgehead atoms. The molecule has 5 heteroatoms. The molecule has 0 N–H and O–H groups in total. The molecule has 18 heavy (non-hydrogen) atoms. The number of ether oxygens (including phenoxy) is 1. The van der Waals surface area contributed by atoms with Gasteiger partial charge in [0.2, 0.25) is 11.7 Å². The smallest absolute Gasteiger partial charge is 0.234 e. The Morgan fingerprint density at radius 2 is 2.28 bits per heavy atom. The van der Waals surface area contributed by atoms with Crippen LogP contribution in [0.4, 0.5) is 0 Å². The summed E-state index contributed by atoms with van der Waals surface area (Å²) < 4.78 is 10.8. The lowest BCUT2D eigenvalue weighted by atomic mass is 10.2. The van der Waals surface area contributed by atoms with Gasteiger partial charge in [-0.2, -0.15) is 4.98 Å². The van der Waals surface area contributed by atoms with Crippen LogP contribution >= 0.6 is 0 Å². The Labute approximate surface area is 107 Å². The second-order valence-electron chi connectivity index (χ2n) is 4.73. The molecular weight excluding hydrogens is 232 g/mol. The minimum Gasteiger partial charge on any atom is -0.370 e. The fraction of sp³-hybridized carbons (Fsp3) is 0.769. The fourth-order valence-corrected chi connectivity index (χ4v) is 1.99. The molecule has 1 atom stereocenters. The van der Waals surface area contributed by atoms with Crippen molar-refractivity contribution in [2.24, 2.45) is 5.92 Å². The Hall–Kier alpha value is -1.23. The summed E-state index contributed by atoms with van der Waals surface area (Å²) in [5.74, 6) is 1.67. The molecule has 5 nitrogen and oxygen atoms in total. The molecule has 1 fully saturated rings. The average Bonchev–Trinajstić information content (AvgIpc) is 3.07. The largest absolute Gasteiger partial charge is 0.370 e. The standard InChI is InChI=1S/C13H20N2O3/c1-3-5-10(16)8-11-14-13(15-18-11)12(17-4-2)9-6-7-9/h9,12H,3-8H2,1-2H3. The Morgan fingerprint density at radius 1 is 1.50 bits per heavy atom. The summed E-state index contributed by atoms with van der Waals surface area (Å²) in [7, 11) is 0. The Bertz CT molecular complexity index is 399. The Kier molecular flexibility index (Phi) is 4.47. The van der Waals surface area contributed by atoms with Gasteiger partial charge in [-0.3, -0.25) is 4.79 Å². The van der Waals surface area contributed by atoms with Gasteiger partial charge >= 0.3 is 0 Å². The molecule has 0 aliphatic heterocycles. The number of Topliss-reactive ketones (excluding diaryl/α,β-unsaturated/α-hetero) is 1. The van der Waals surface area contributed by atoms with Crippen molar-refractivity contribution in [2.75, 3.05) is 6.61 Å². The van der Waals surface area contributed by atoms with E-state index < -0.39 is 0 Å². The molecule has 1 unspecified atom stereocenters. The van der Waals surface area contributed by atoms with Crippen LogP contribution in [0.2, 0.25) is 0 Å². The van der Waals surface area contributed by atoms with Gasteiger partial charge in [-0.05, 0) is 32.1 Å². The average molecular weight is 252 g/mol. The molecule has 0 saturated heterocycles. The van der Waals surface area contributed by atoms with Crippen LogP contribution in [0.5, 0.6) is 0 Å². The van der Waals surface area contributed by atoms with Crippen LogP contribution in [0.15, 0.2) is 4.52 Å². The molecule has 1 aliphatic carbocycles. The van der Waals surface area contributed by atoms with Gasteiger partial charge in [-0.15, -0.1) is 0 Å². The van der Waals surface area contributed by atoms with E-state index in [1.807, 2.05) is 13.8 Å². The number of carbonyl (C=O) groups excluding carboxylic acids is 1. The maximum atomic E-state index is 11.5. The van der Waals surface area contributed by atoms with E-state index in [0.717, 1.165) is 19.3 Å². The van der Waals surface area contributed by atoms with Crippen LogP contribution in [-0.2, 0) is 16.0 Å². The highest BCUT2D eigenvalue weighted by Gasteiger charge is 2.36. The molecule has 1 aromatic heterocycles. The summed E-state index contributed by atoms with van der Waals surface area (Å²) >= 11 is 0. The summed E-state index contributed by atoms with van der Waals surface area (Å²) in [6.07, 6.45) is 3.91. The van der Waals surface area contributed by atoms with E-state index in [2.05, 4.69) is 10.1 Å². The maximum absolute atomic E-state index is 11.5. The maximum Gasteiger partial charge on any atom is 0.234 e. The zero-order valence-corrected chi connectivity index (χ0v) is 11.0. The Morgan fingerprint density at radius 3 is 2.89 bits per heavy atom. The second-order valence-corrected chi connectivity index (χ2v) is 4.73. The predicted molar refractivity (Wildman–Crippen MR) is 65.0 cm³/mol. The highest BCUT2D eigenvalue weighted by Crippen LogP contribution is 2.42. The highest BCUT2D eigenvalue weighted by atomic mass is 16.5. The first-order valence-electron chi connectivity index (χ1n) is 6.70. The number of hydrogen-bond donors (Lipinski definition) is 0. The van der Waals surface area contributed by atoms with Gasteiger partial charge in [-0.25, -0.2) is 0 Å². The summed E-state index contributed by atoms with van der Waals surface area (Å²) in [6.45, 7) is 4.58. The van der Waals surface area contributed by atoms with Crippen molar-refractivity contribution in [2.45, 2.75) is 52.1 Å². The number of ketones is 1. The topological polar surface area (TPSA) is 65.2 Å². The molecule has 1 heterocycles. The third-order valence-electron chi connectivity index (χ3n) is 3.01. The fourth-order valence-electron chi connectivity index (χ4n) is 1.99. The van der Waals surface area contributed by atoms with Crippen molar-refractivity contribution < 1.29 is 14.1 Å². The van der Waals surface area contributed by atoms with Gasteiger partial charge in [0.15, 0.2) is 0 Å². The summed E-state index contributed by atoms with van der Waals surface area (Å²) in [5.41, 5.74) is 0. The Balaban J connectivity index is 1.97. The van der Waals surface area contributed by atoms with Gasteiger partial charge in [0.1, 0.15) is 11.9 Å². The van der Waals surface area contributed by atoms with Gasteiger partial charge < -0.3 is 9.26 Å². The van der Waals surface area contributed by atoms with E-state index in [0.29, 0.717) is 30.7 Å². The predicted octanol–water partition coefficient (Wildman–Crippen LogP) is 2.47. The lowest BCUT2D eigenvalue weighted by Crippen LogP contribution is -2.09. The minimum atomic E-state index is -0.0613. The van der Waals surface area contributed by atoms with E-state index in [4.69, 9.17) is 9.26 Å². The first-order valence-corrected chi connectivity index (χ1v) is 6.70. The van der Waals surface area contributed by atoms with Crippen molar-refractivity contribution in [3.8, 4) is 0 Å². The number of carbonyl (C=O) groups is 1. The molecule has 2 rings (SSSR count). The lowest BCUT2D eigenvalue weighted by molar-refractivity contribution is -0.118. The first-order chi connectivity index (χ1) is 8.74.